The molecule has 3 atom stereocenters. The van der Waals surface area contributed by atoms with Crippen molar-refractivity contribution in [2.24, 2.45) is 13.0 Å². The summed E-state index contributed by atoms with van der Waals surface area (Å²) in [7, 11) is 1.95. The van der Waals surface area contributed by atoms with Gasteiger partial charge in [-0.15, -0.1) is 0 Å². The van der Waals surface area contributed by atoms with Gasteiger partial charge in [0.15, 0.2) is 11.6 Å². The molecule has 172 valence electrons. The van der Waals surface area contributed by atoms with E-state index in [1.807, 2.05) is 37.0 Å². The number of aryl methyl sites for hydroxylation is 2. The van der Waals surface area contributed by atoms with Gasteiger partial charge in [-0.3, -0.25) is 9.36 Å². The van der Waals surface area contributed by atoms with Crippen molar-refractivity contribution in [3.8, 4) is 28.3 Å². The van der Waals surface area contributed by atoms with Gasteiger partial charge in [0, 0.05) is 59.2 Å². The first-order valence-electron chi connectivity index (χ1n) is 11.8. The van der Waals surface area contributed by atoms with Crippen LogP contribution in [0.25, 0.3) is 22.5 Å². The summed E-state index contributed by atoms with van der Waals surface area (Å²) in [6.07, 6.45) is 5.49. The molecule has 1 saturated carbocycles. The maximum atomic E-state index is 14.4. The molecule has 1 aliphatic heterocycles. The minimum Gasteiger partial charge on any atom is -0.482 e. The van der Waals surface area contributed by atoms with E-state index >= 15 is 0 Å². The number of nitrogens with two attached hydrogens (primary N) is 1. The first kappa shape index (κ1) is 19.8. The van der Waals surface area contributed by atoms with Crippen molar-refractivity contribution < 1.29 is 9.13 Å². The van der Waals surface area contributed by atoms with Gasteiger partial charge in [-0.25, -0.2) is 9.37 Å². The lowest BCUT2D eigenvalue weighted by Gasteiger charge is -2.23. The van der Waals surface area contributed by atoms with Crippen molar-refractivity contribution >= 4 is 5.82 Å². The third-order valence-corrected chi connectivity index (χ3v) is 7.79. The van der Waals surface area contributed by atoms with Crippen LogP contribution >= 0.6 is 0 Å². The molecule has 1 fully saturated rings. The van der Waals surface area contributed by atoms with Crippen molar-refractivity contribution in [1.29, 1.82) is 0 Å². The van der Waals surface area contributed by atoms with Gasteiger partial charge < -0.3 is 10.5 Å². The topological polar surface area (TPSA) is 83.8 Å². The monoisotopic (exact) mass is 456 g/mol. The van der Waals surface area contributed by atoms with Crippen molar-refractivity contribution in [2.75, 3.05) is 5.73 Å². The molecule has 34 heavy (non-hydrogen) atoms. The summed E-state index contributed by atoms with van der Waals surface area (Å²) in [5.74, 6) is 0.970. The molecule has 7 nitrogen and oxygen atoms in total. The fourth-order valence-electron chi connectivity index (χ4n) is 6.26. The number of benzene rings is 1. The zero-order chi connectivity index (χ0) is 23.4. The van der Waals surface area contributed by atoms with Gasteiger partial charge in [-0.2, -0.15) is 10.2 Å². The van der Waals surface area contributed by atoms with Gasteiger partial charge >= 0.3 is 0 Å². The highest BCUT2D eigenvalue weighted by Gasteiger charge is 2.65. The van der Waals surface area contributed by atoms with Gasteiger partial charge in [0.1, 0.15) is 11.9 Å². The average Bonchev–Trinajstić information content (AvgIpc) is 3.08. The fraction of sp³-hybridized carbons (Fsp3) is 0.346. The number of pyridine rings is 1. The minimum absolute atomic E-state index is 0.155. The van der Waals surface area contributed by atoms with Gasteiger partial charge in [0.25, 0.3) is 0 Å². The number of rotatable bonds is 1. The molecule has 8 heteroatoms. The summed E-state index contributed by atoms with van der Waals surface area (Å²) in [5, 5.41) is 9.90. The standard InChI is InChI=1S/C26H25FN6O/c1-4-33-24-14-7-21(25(28)29-11-14)34-13(2)18-9-16(27)5-6-17(18)23-19(12-32(3)31-23)26-10-15(26)8-20(30-33)22(24)26/h5-7,9,11-13,15H,4,8,10H2,1-3H3,(H2,28,29)/t13-,15?,26?/m1/s1. The lowest BCUT2D eigenvalue weighted by atomic mass is 9.84. The molecule has 2 N–H and O–H groups in total. The maximum Gasteiger partial charge on any atom is 0.166 e. The Morgan fingerprint density at radius 1 is 1.26 bits per heavy atom. The van der Waals surface area contributed by atoms with Crippen LogP contribution in [-0.4, -0.2) is 24.5 Å². The third kappa shape index (κ3) is 2.43. The third-order valence-electron chi connectivity index (χ3n) is 7.79. The number of halogens is 1. The van der Waals surface area contributed by atoms with Crippen LogP contribution in [0, 0.1) is 11.7 Å². The predicted octanol–water partition coefficient (Wildman–Crippen LogP) is 4.40. The van der Waals surface area contributed by atoms with E-state index in [0.29, 0.717) is 17.5 Å². The maximum absolute atomic E-state index is 14.4. The number of nitrogen functional groups attached to an aromatic ring is 1. The molecular weight excluding hydrogens is 431 g/mol. The van der Waals surface area contributed by atoms with Crippen molar-refractivity contribution in [1.82, 2.24) is 24.5 Å². The van der Waals surface area contributed by atoms with Crippen LogP contribution in [0.5, 0.6) is 5.75 Å². The first-order valence-corrected chi connectivity index (χ1v) is 11.8. The summed E-state index contributed by atoms with van der Waals surface area (Å²) >= 11 is 0. The van der Waals surface area contributed by atoms with Crippen LogP contribution in [0.1, 0.15) is 48.8 Å². The van der Waals surface area contributed by atoms with Crippen LogP contribution in [0.15, 0.2) is 36.7 Å². The molecule has 4 heterocycles. The second kappa shape index (κ2) is 6.46. The van der Waals surface area contributed by atoms with E-state index in [1.165, 1.54) is 17.2 Å². The fourth-order valence-corrected chi connectivity index (χ4v) is 6.26. The van der Waals surface area contributed by atoms with E-state index in [4.69, 9.17) is 20.7 Å². The van der Waals surface area contributed by atoms with E-state index < -0.39 is 6.10 Å². The molecule has 7 rings (SSSR count). The summed E-state index contributed by atoms with van der Waals surface area (Å²) < 4.78 is 24.7. The molecule has 0 saturated heterocycles. The second-order valence-corrected chi connectivity index (χ2v) is 9.73. The van der Waals surface area contributed by atoms with E-state index in [9.17, 15) is 4.39 Å². The van der Waals surface area contributed by atoms with Crippen LogP contribution in [0.4, 0.5) is 10.2 Å². The summed E-state index contributed by atoms with van der Waals surface area (Å²) in [5.41, 5.74) is 14.2. The van der Waals surface area contributed by atoms with Crippen LogP contribution in [-0.2, 0) is 25.4 Å². The number of hydrogen-bond acceptors (Lipinski definition) is 5. The highest BCUT2D eigenvalue weighted by molar-refractivity contribution is 5.78. The van der Waals surface area contributed by atoms with Gasteiger partial charge in [-0.1, -0.05) is 0 Å². The van der Waals surface area contributed by atoms with Gasteiger partial charge in [-0.05, 0) is 56.9 Å². The number of fused-ring (bicyclic) bond motifs is 6. The highest BCUT2D eigenvalue weighted by Crippen LogP contribution is 2.68. The molecule has 2 bridgehead atoms. The van der Waals surface area contributed by atoms with Gasteiger partial charge in [0.05, 0.1) is 17.1 Å². The smallest absolute Gasteiger partial charge is 0.166 e. The Bertz CT molecular complexity index is 1500. The molecule has 2 aliphatic carbocycles. The van der Waals surface area contributed by atoms with E-state index in [0.717, 1.165) is 53.2 Å². The highest BCUT2D eigenvalue weighted by atomic mass is 19.1. The van der Waals surface area contributed by atoms with Crippen LogP contribution in [0.2, 0.25) is 0 Å². The lowest BCUT2D eigenvalue weighted by Crippen LogP contribution is -2.15. The lowest BCUT2D eigenvalue weighted by molar-refractivity contribution is 0.227. The normalized spacial score (nSPS) is 23.6. The SMILES string of the molecule is CCn1nc2c3c1-c1cnc(N)c(c1)O[C@H](C)c1cc(F)ccc1-c1nn(C)cc1C31CC1C2. The first-order chi connectivity index (χ1) is 16.4. The van der Waals surface area contributed by atoms with E-state index in [2.05, 4.69) is 22.8 Å². The number of ether oxygens (including phenoxy) is 1. The zero-order valence-corrected chi connectivity index (χ0v) is 19.3. The molecule has 4 aromatic rings. The molecule has 1 spiro atoms. The van der Waals surface area contributed by atoms with Crippen molar-refractivity contribution in [2.45, 2.75) is 44.8 Å². The van der Waals surface area contributed by atoms with Gasteiger partial charge in [0.2, 0.25) is 0 Å². The average molecular weight is 457 g/mol. The quantitative estimate of drug-likeness (QED) is 0.459. The van der Waals surface area contributed by atoms with Crippen molar-refractivity contribution in [3.05, 3.63) is 64.9 Å². The largest absolute Gasteiger partial charge is 0.482 e. The van der Waals surface area contributed by atoms with Crippen LogP contribution in [0.3, 0.4) is 0 Å². The predicted molar refractivity (Wildman–Crippen MR) is 126 cm³/mol. The Labute approximate surface area is 196 Å². The molecule has 3 aliphatic rings. The molecule has 1 aromatic carbocycles. The number of aromatic nitrogens is 5. The Kier molecular flexibility index (Phi) is 3.76. The second-order valence-electron chi connectivity index (χ2n) is 9.73. The van der Waals surface area contributed by atoms with E-state index in [1.54, 1.807) is 6.07 Å². The zero-order valence-electron chi connectivity index (χ0n) is 19.3. The minimum atomic E-state index is -0.457. The Hall–Kier alpha value is -3.68. The molecule has 2 unspecified atom stereocenters. The Balaban J connectivity index is 1.60. The summed E-state index contributed by atoms with van der Waals surface area (Å²) in [6.45, 7) is 4.77. The number of hydrogen-bond donors (Lipinski definition) is 1. The van der Waals surface area contributed by atoms with E-state index in [-0.39, 0.29) is 11.2 Å². The Morgan fingerprint density at radius 3 is 2.94 bits per heavy atom. The molecule has 0 amide bonds. The number of nitrogens with zero attached hydrogens (tertiary/aromatic N) is 5. The van der Waals surface area contributed by atoms with Crippen molar-refractivity contribution in [3.63, 3.8) is 0 Å². The summed E-state index contributed by atoms with van der Waals surface area (Å²) in [4.78, 5) is 4.47. The Morgan fingerprint density at radius 2 is 2.12 bits per heavy atom. The summed E-state index contributed by atoms with van der Waals surface area (Å²) in [6, 6.07) is 6.81. The molecule has 3 aromatic heterocycles. The molecule has 0 radical (unpaired) electrons. The molecular formula is C26H25FN6O. The van der Waals surface area contributed by atoms with Crippen LogP contribution < -0.4 is 10.5 Å². The number of anilines is 1.